The van der Waals surface area contributed by atoms with Gasteiger partial charge in [-0.15, -0.1) is 0 Å². The van der Waals surface area contributed by atoms with E-state index >= 15 is 0 Å². The lowest BCUT2D eigenvalue weighted by Gasteiger charge is -2.05. The molecule has 0 saturated heterocycles. The summed E-state index contributed by atoms with van der Waals surface area (Å²) in [6, 6.07) is 9.44. The highest BCUT2D eigenvalue weighted by Gasteiger charge is 2.20. The largest absolute Gasteiger partial charge is 0.465 e. The fourth-order valence-corrected chi connectivity index (χ4v) is 3.85. The third kappa shape index (κ3) is 5.39. The lowest BCUT2D eigenvalue weighted by molar-refractivity contribution is 0.209. The van der Waals surface area contributed by atoms with Crippen molar-refractivity contribution in [2.45, 2.75) is 51.9 Å². The lowest BCUT2D eigenvalue weighted by atomic mass is 10.0. The Morgan fingerprint density at radius 3 is 2.29 bits per heavy atom. The van der Waals surface area contributed by atoms with Crippen LogP contribution in [0.4, 0.5) is 9.93 Å². The fraction of sp³-hybridized carbons (Fsp3) is 0.400. The zero-order valence-corrected chi connectivity index (χ0v) is 16.7. The Morgan fingerprint density at radius 1 is 1.11 bits per heavy atom. The van der Waals surface area contributed by atoms with E-state index in [1.54, 1.807) is 0 Å². The average Bonchev–Trinajstić information content (AvgIpc) is 3.37. The van der Waals surface area contributed by atoms with Gasteiger partial charge in [-0.05, 0) is 0 Å². The Hall–Kier alpha value is -2.74. The molecule has 1 aliphatic rings. The van der Waals surface area contributed by atoms with Gasteiger partial charge in [-0.1, -0.05) is 92.3 Å². The van der Waals surface area contributed by atoms with E-state index in [1.807, 2.05) is 37.3 Å². The normalized spacial score (nSPS) is 13.5. The summed E-state index contributed by atoms with van der Waals surface area (Å²) in [5, 5.41) is 15.2. The second kappa shape index (κ2) is 9.98. The maximum atomic E-state index is 10.8. The molecule has 1 aliphatic carbocycles. The summed E-state index contributed by atoms with van der Waals surface area (Å²) in [6.45, 7) is 1.93. The Labute approximate surface area is 167 Å². The van der Waals surface area contributed by atoms with Crippen molar-refractivity contribution < 1.29 is 14.4 Å². The molecule has 0 radical (unpaired) electrons. The van der Waals surface area contributed by atoms with Gasteiger partial charge < -0.3 is 9.63 Å². The van der Waals surface area contributed by atoms with Crippen molar-refractivity contribution in [1.29, 1.82) is 0 Å². The van der Waals surface area contributed by atoms with Gasteiger partial charge in [-0.25, -0.2) is 9.78 Å². The average molecular weight is 401 g/mol. The van der Waals surface area contributed by atoms with E-state index in [-0.39, 0.29) is 5.13 Å². The molecule has 1 amide bonds. The zero-order chi connectivity index (χ0) is 19.8. The van der Waals surface area contributed by atoms with E-state index in [0.717, 1.165) is 16.9 Å². The van der Waals surface area contributed by atoms with Crippen LogP contribution in [0.5, 0.6) is 0 Å². The van der Waals surface area contributed by atoms with Crippen LogP contribution in [0.15, 0.2) is 34.9 Å². The summed E-state index contributed by atoms with van der Waals surface area (Å²) in [5.41, 5.74) is 1.46. The van der Waals surface area contributed by atoms with Gasteiger partial charge >= 0.3 is 6.09 Å². The molecule has 1 aromatic carbocycles. The summed E-state index contributed by atoms with van der Waals surface area (Å²) >= 11 is 1.16. The van der Waals surface area contributed by atoms with Crippen LogP contribution in [0.25, 0.3) is 22.0 Å². The molecule has 2 aromatic heterocycles. The van der Waals surface area contributed by atoms with Gasteiger partial charge in [-0.2, -0.15) is 4.98 Å². The second-order valence-corrected chi connectivity index (χ2v) is 7.48. The maximum Gasteiger partial charge on any atom is 0.410 e. The summed E-state index contributed by atoms with van der Waals surface area (Å²) in [6.07, 6.45) is 8.49. The third-order valence-electron chi connectivity index (χ3n) is 4.37. The van der Waals surface area contributed by atoms with Crippen molar-refractivity contribution in [3.8, 4) is 22.0 Å². The first-order valence-corrected chi connectivity index (χ1v) is 10.4. The molecule has 1 saturated carbocycles. The van der Waals surface area contributed by atoms with Crippen LogP contribution in [0.1, 0.15) is 51.3 Å². The molecule has 3 aromatic rings. The summed E-state index contributed by atoms with van der Waals surface area (Å²) < 4.78 is 5.26. The van der Waals surface area contributed by atoms with Gasteiger partial charge in [0.1, 0.15) is 4.88 Å². The number of anilines is 1. The van der Waals surface area contributed by atoms with Gasteiger partial charge in [0.25, 0.3) is 5.89 Å². The Morgan fingerprint density at radius 2 is 1.75 bits per heavy atom. The predicted molar refractivity (Wildman–Crippen MR) is 110 cm³/mol. The van der Waals surface area contributed by atoms with Gasteiger partial charge in [0.2, 0.25) is 0 Å². The number of carbonyl (C=O) groups is 1. The number of carboxylic acid groups (broad SMARTS) is 1. The van der Waals surface area contributed by atoms with E-state index in [0.29, 0.717) is 28.7 Å². The number of benzene rings is 1. The van der Waals surface area contributed by atoms with E-state index in [4.69, 9.17) is 9.63 Å². The van der Waals surface area contributed by atoms with E-state index < -0.39 is 6.09 Å². The molecule has 8 heteroatoms. The number of aryl methyl sites for hydroxylation is 1. The first-order valence-electron chi connectivity index (χ1n) is 9.56. The first kappa shape index (κ1) is 20.0. The number of nitrogens with zero attached hydrogens (tertiary/aromatic N) is 3. The van der Waals surface area contributed by atoms with Gasteiger partial charge in [0, 0.05) is 12.0 Å². The lowest BCUT2D eigenvalue weighted by Crippen LogP contribution is -2.06. The monoisotopic (exact) mass is 400 g/mol. The molecule has 0 spiro atoms. The van der Waals surface area contributed by atoms with E-state index in [1.165, 1.54) is 38.5 Å². The van der Waals surface area contributed by atoms with E-state index in [9.17, 15) is 4.79 Å². The fourth-order valence-electron chi connectivity index (χ4n) is 2.95. The van der Waals surface area contributed by atoms with Crippen molar-refractivity contribution in [3.63, 3.8) is 0 Å². The Kier molecular flexibility index (Phi) is 7.13. The highest BCUT2D eigenvalue weighted by atomic mass is 32.1. The zero-order valence-electron chi connectivity index (χ0n) is 15.9. The summed E-state index contributed by atoms with van der Waals surface area (Å²) in [5.74, 6) is 0.932. The van der Waals surface area contributed by atoms with Crippen LogP contribution in [0.2, 0.25) is 0 Å². The molecule has 0 atom stereocenters. The van der Waals surface area contributed by atoms with Crippen molar-refractivity contribution in [1.82, 2.24) is 15.1 Å². The van der Waals surface area contributed by atoms with Crippen LogP contribution in [0, 0.1) is 0 Å². The van der Waals surface area contributed by atoms with Crippen LogP contribution in [0.3, 0.4) is 0 Å². The SMILES string of the molecule is C1CCCCC1.CCc1noc(-c2sc(NC(=O)O)nc2-c2ccccc2)n1. The molecule has 0 aliphatic heterocycles. The highest BCUT2D eigenvalue weighted by molar-refractivity contribution is 7.19. The number of amides is 1. The standard InChI is InChI=1S/C14H12N4O3S.C6H12/c1-2-9-15-12(21-18-9)11-10(8-6-4-3-5-7-8)16-13(22-11)17-14(19)20;1-2-4-6-5-3-1/h3-7H,2H2,1H3,(H,16,17)(H,19,20);1-6H2. The van der Waals surface area contributed by atoms with Crippen molar-refractivity contribution >= 4 is 22.6 Å². The third-order valence-corrected chi connectivity index (χ3v) is 5.33. The maximum absolute atomic E-state index is 10.8. The molecule has 7 nitrogen and oxygen atoms in total. The minimum absolute atomic E-state index is 0.262. The molecule has 2 N–H and O–H groups in total. The molecular weight excluding hydrogens is 376 g/mol. The van der Waals surface area contributed by atoms with E-state index in [2.05, 4.69) is 20.4 Å². The molecular formula is C20H24N4O3S. The number of nitrogens with one attached hydrogen (secondary N) is 1. The smallest absolute Gasteiger partial charge is 0.410 e. The number of rotatable bonds is 4. The van der Waals surface area contributed by atoms with Crippen LogP contribution < -0.4 is 5.32 Å². The van der Waals surface area contributed by atoms with Crippen molar-refractivity contribution in [2.24, 2.45) is 0 Å². The van der Waals surface area contributed by atoms with Gasteiger partial charge in [0.05, 0.1) is 5.69 Å². The molecule has 1 fully saturated rings. The Balaban J connectivity index is 0.000000320. The Bertz CT molecular complexity index is 876. The molecule has 2 heterocycles. The minimum atomic E-state index is -1.17. The topological polar surface area (TPSA) is 101 Å². The molecule has 28 heavy (non-hydrogen) atoms. The van der Waals surface area contributed by atoms with Gasteiger partial charge in [0.15, 0.2) is 11.0 Å². The number of hydrogen-bond acceptors (Lipinski definition) is 6. The van der Waals surface area contributed by atoms with Crippen molar-refractivity contribution in [3.05, 3.63) is 36.2 Å². The quantitative estimate of drug-likeness (QED) is 0.569. The number of thiazole rings is 1. The van der Waals surface area contributed by atoms with Gasteiger partial charge in [-0.3, -0.25) is 5.32 Å². The highest BCUT2D eigenvalue weighted by Crippen LogP contribution is 2.38. The van der Waals surface area contributed by atoms with Crippen molar-refractivity contribution in [2.75, 3.05) is 5.32 Å². The second-order valence-electron chi connectivity index (χ2n) is 6.48. The van der Waals surface area contributed by atoms with Crippen LogP contribution in [-0.4, -0.2) is 26.3 Å². The van der Waals surface area contributed by atoms with Crippen LogP contribution >= 0.6 is 11.3 Å². The molecule has 148 valence electrons. The first-order chi connectivity index (χ1) is 13.7. The van der Waals surface area contributed by atoms with Crippen LogP contribution in [-0.2, 0) is 6.42 Å². The minimum Gasteiger partial charge on any atom is -0.465 e. The number of hydrogen-bond donors (Lipinski definition) is 2. The molecule has 0 unspecified atom stereocenters. The number of aromatic nitrogens is 3. The molecule has 0 bridgehead atoms. The summed E-state index contributed by atoms with van der Waals surface area (Å²) in [4.78, 5) is 20.1. The molecule has 4 rings (SSSR count). The summed E-state index contributed by atoms with van der Waals surface area (Å²) in [7, 11) is 0. The predicted octanol–water partition coefficient (Wildman–Crippen LogP) is 5.85.